The maximum atomic E-state index is 10.7. The molecule has 0 aromatic carbocycles. The summed E-state index contributed by atoms with van der Waals surface area (Å²) in [6.45, 7) is 20.5. The summed E-state index contributed by atoms with van der Waals surface area (Å²) in [5, 5.41) is 50.8. The van der Waals surface area contributed by atoms with Crippen LogP contribution in [0.5, 0.6) is 0 Å². The highest BCUT2D eigenvalue weighted by Gasteiger charge is 2.44. The smallest absolute Gasteiger partial charge is 0.187 e. The van der Waals surface area contributed by atoms with Gasteiger partial charge in [0.2, 0.25) is 0 Å². The monoisotopic (exact) mass is 730 g/mol. The third-order valence-electron chi connectivity index (χ3n) is 8.02. The van der Waals surface area contributed by atoms with Gasteiger partial charge in [-0.05, 0) is 82.6 Å². The summed E-state index contributed by atoms with van der Waals surface area (Å²) in [4.78, 5) is 0. The minimum absolute atomic E-state index is 0.623. The average Bonchev–Trinajstić information content (AvgIpc) is 3.05. The Bertz CT molecular complexity index is 1540. The second-order valence-electron chi connectivity index (χ2n) is 15.0. The molecule has 0 spiro atoms. The molecular weight excluding hydrogens is 664 g/mol. The van der Waals surface area contributed by atoms with Crippen LogP contribution < -0.4 is 0 Å². The lowest BCUT2D eigenvalue weighted by Crippen LogP contribution is -2.58. The van der Waals surface area contributed by atoms with Gasteiger partial charge in [-0.3, -0.25) is 0 Å². The Morgan fingerprint density at radius 3 is 1.34 bits per heavy atom. The summed E-state index contributed by atoms with van der Waals surface area (Å²) in [5.41, 5.74) is 4.54. The summed E-state index contributed by atoms with van der Waals surface area (Å²) < 4.78 is 11.4. The molecular formula is C46H66O7. The molecule has 1 aliphatic heterocycles. The average molecular weight is 731 g/mol. The molecule has 6 unspecified atom stereocenters. The first-order valence-electron chi connectivity index (χ1n) is 18.3. The van der Waals surface area contributed by atoms with Gasteiger partial charge >= 0.3 is 0 Å². The molecule has 0 radical (unpaired) electrons. The van der Waals surface area contributed by atoms with Crippen molar-refractivity contribution in [1.82, 2.24) is 0 Å². The number of ether oxygens (including phenoxy) is 2. The van der Waals surface area contributed by atoms with E-state index >= 15 is 0 Å². The minimum Gasteiger partial charge on any atom is -0.390 e. The van der Waals surface area contributed by atoms with Gasteiger partial charge < -0.3 is 35.0 Å². The Balaban J connectivity index is 2.67. The van der Waals surface area contributed by atoms with Gasteiger partial charge in [-0.25, -0.2) is 0 Å². The number of allylic oxidation sites excluding steroid dienone is 24. The maximum absolute atomic E-state index is 10.7. The Kier molecular flexibility index (Phi) is 21.3. The molecule has 1 fully saturated rings. The standard InChI is InChI=1S/C46H66O7/c1-33(21-14-23-35(3)25-16-27-37(5)29-18-32-45(8,9)50)19-12-13-20-34(2)22-15-24-36(4)26-17-28-38(6)30-31-40(46(10,11)51)53-44-43(49)42(48)41(47)39(7)52-44/h12-31,39-44,47-51H,32H2,1-11H3. The van der Waals surface area contributed by atoms with E-state index in [0.717, 1.165) is 33.4 Å². The normalized spacial score (nSPS) is 24.9. The third kappa shape index (κ3) is 21.6. The highest BCUT2D eigenvalue weighted by molar-refractivity contribution is 5.33. The fourth-order valence-corrected chi connectivity index (χ4v) is 4.64. The fourth-order valence-electron chi connectivity index (χ4n) is 4.64. The minimum atomic E-state index is -1.45. The van der Waals surface area contributed by atoms with Gasteiger partial charge in [0.25, 0.3) is 0 Å². The molecule has 0 aliphatic carbocycles. The highest BCUT2D eigenvalue weighted by atomic mass is 16.7. The largest absolute Gasteiger partial charge is 0.390 e. The van der Waals surface area contributed by atoms with Crippen molar-refractivity contribution in [2.24, 2.45) is 0 Å². The lowest BCUT2D eigenvalue weighted by molar-refractivity contribution is -0.309. The van der Waals surface area contributed by atoms with Gasteiger partial charge in [-0.1, -0.05) is 155 Å². The molecule has 1 heterocycles. The number of aliphatic hydroxyl groups is 5. The number of hydrogen-bond donors (Lipinski definition) is 5. The van der Waals surface area contributed by atoms with Crippen molar-refractivity contribution in [3.63, 3.8) is 0 Å². The van der Waals surface area contributed by atoms with Gasteiger partial charge in [-0.15, -0.1) is 0 Å². The van der Waals surface area contributed by atoms with Crippen LogP contribution in [0, 0.1) is 0 Å². The molecule has 7 nitrogen and oxygen atoms in total. The molecule has 1 saturated heterocycles. The molecule has 1 aliphatic rings. The van der Waals surface area contributed by atoms with Crippen molar-refractivity contribution in [3.05, 3.63) is 155 Å². The van der Waals surface area contributed by atoms with Crippen LogP contribution in [-0.4, -0.2) is 73.5 Å². The van der Waals surface area contributed by atoms with Gasteiger partial charge in [0.1, 0.15) is 24.4 Å². The van der Waals surface area contributed by atoms with Crippen molar-refractivity contribution >= 4 is 0 Å². The topological polar surface area (TPSA) is 120 Å². The summed E-state index contributed by atoms with van der Waals surface area (Å²) >= 11 is 0. The van der Waals surface area contributed by atoms with E-state index in [1.54, 1.807) is 40.7 Å². The fraction of sp³-hybridized carbons (Fsp3) is 0.435. The Morgan fingerprint density at radius 1 is 0.566 bits per heavy atom. The molecule has 53 heavy (non-hydrogen) atoms. The Labute approximate surface area is 319 Å². The van der Waals surface area contributed by atoms with Gasteiger partial charge in [0.05, 0.1) is 17.3 Å². The molecule has 0 aromatic heterocycles. The second kappa shape index (κ2) is 23.9. The van der Waals surface area contributed by atoms with Gasteiger partial charge in [0, 0.05) is 0 Å². The SMILES string of the molecule is CC(C=CC=C(C)C=CC=C(C)C=CCC(C)(C)O)=CC=CC=C(C)C=CC=C(C)C=CC=C(C)C=CC(OC1OC(C)C(O)C(O)C1O)C(C)(C)O. The van der Waals surface area contributed by atoms with Crippen LogP contribution in [-0.2, 0) is 9.47 Å². The molecule has 0 bridgehead atoms. The zero-order valence-electron chi connectivity index (χ0n) is 33.8. The Hall–Kier alpha value is -3.66. The molecule has 292 valence electrons. The third-order valence-corrected chi connectivity index (χ3v) is 8.02. The van der Waals surface area contributed by atoms with E-state index in [-0.39, 0.29) is 0 Å². The summed E-state index contributed by atoms with van der Waals surface area (Å²) in [6.07, 6.45) is 33.8. The van der Waals surface area contributed by atoms with Crippen molar-refractivity contribution in [1.29, 1.82) is 0 Å². The first kappa shape index (κ1) is 47.4. The first-order chi connectivity index (χ1) is 24.7. The van der Waals surface area contributed by atoms with E-state index < -0.39 is 48.0 Å². The van der Waals surface area contributed by atoms with E-state index in [9.17, 15) is 25.5 Å². The van der Waals surface area contributed by atoms with Crippen molar-refractivity contribution < 1.29 is 35.0 Å². The molecule has 6 atom stereocenters. The number of aliphatic hydroxyl groups excluding tert-OH is 3. The van der Waals surface area contributed by atoms with E-state index in [0.29, 0.717) is 6.42 Å². The van der Waals surface area contributed by atoms with Crippen molar-refractivity contribution in [2.75, 3.05) is 0 Å². The number of hydrogen-bond acceptors (Lipinski definition) is 7. The zero-order valence-corrected chi connectivity index (χ0v) is 33.8. The van der Waals surface area contributed by atoms with Gasteiger partial charge in [-0.2, -0.15) is 0 Å². The molecule has 0 saturated carbocycles. The molecule has 7 heteroatoms. The van der Waals surface area contributed by atoms with E-state index in [1.165, 1.54) is 0 Å². The quantitative estimate of drug-likeness (QED) is 0.0896. The van der Waals surface area contributed by atoms with E-state index in [4.69, 9.17) is 9.47 Å². The van der Waals surface area contributed by atoms with E-state index in [1.807, 2.05) is 93.7 Å². The van der Waals surface area contributed by atoms with Crippen LogP contribution in [0.1, 0.15) is 82.6 Å². The molecule has 5 N–H and O–H groups in total. The molecule has 0 amide bonds. The predicted octanol–water partition coefficient (Wildman–Crippen LogP) is 8.70. The zero-order chi connectivity index (χ0) is 40.2. The van der Waals surface area contributed by atoms with Crippen LogP contribution in [0.15, 0.2) is 155 Å². The van der Waals surface area contributed by atoms with E-state index in [2.05, 4.69) is 63.3 Å². The summed E-state index contributed by atoms with van der Waals surface area (Å²) in [7, 11) is 0. The van der Waals surface area contributed by atoms with Gasteiger partial charge in [0.15, 0.2) is 6.29 Å². The molecule has 0 aromatic rings. The highest BCUT2D eigenvalue weighted by Crippen LogP contribution is 2.26. The predicted molar refractivity (Wildman–Crippen MR) is 221 cm³/mol. The second-order valence-corrected chi connectivity index (χ2v) is 15.0. The Morgan fingerprint density at radius 2 is 0.943 bits per heavy atom. The molecule has 1 rings (SSSR count). The van der Waals surface area contributed by atoms with Crippen LogP contribution in [0.4, 0.5) is 0 Å². The van der Waals surface area contributed by atoms with Crippen LogP contribution >= 0.6 is 0 Å². The number of rotatable bonds is 18. The summed E-state index contributed by atoms with van der Waals surface area (Å²) in [6, 6.07) is 0. The van der Waals surface area contributed by atoms with Crippen molar-refractivity contribution in [3.8, 4) is 0 Å². The summed E-state index contributed by atoms with van der Waals surface area (Å²) in [5.74, 6) is 0. The lowest BCUT2D eigenvalue weighted by Gasteiger charge is -2.41. The van der Waals surface area contributed by atoms with Crippen molar-refractivity contribution in [2.45, 2.75) is 131 Å². The maximum Gasteiger partial charge on any atom is 0.187 e. The first-order valence-corrected chi connectivity index (χ1v) is 18.3. The van der Waals surface area contributed by atoms with Crippen LogP contribution in [0.25, 0.3) is 0 Å². The lowest BCUT2D eigenvalue weighted by atomic mass is 9.98. The van der Waals surface area contributed by atoms with Crippen LogP contribution in [0.2, 0.25) is 0 Å². The van der Waals surface area contributed by atoms with Crippen LogP contribution in [0.3, 0.4) is 0 Å².